The van der Waals surface area contributed by atoms with Crippen LogP contribution in [-0.4, -0.2) is 48.5 Å². The summed E-state index contributed by atoms with van der Waals surface area (Å²) in [4.78, 5) is 37.2. The van der Waals surface area contributed by atoms with Gasteiger partial charge in [0.1, 0.15) is 12.3 Å². The zero-order chi connectivity index (χ0) is 24.4. The minimum Gasteiger partial charge on any atom is -0.465 e. The van der Waals surface area contributed by atoms with Gasteiger partial charge in [-0.3, -0.25) is 23.7 Å². The number of benzene rings is 1. The molecule has 0 saturated heterocycles. The molecule has 0 saturated carbocycles. The van der Waals surface area contributed by atoms with E-state index in [1.807, 2.05) is 0 Å². The SMILES string of the molecule is CCOC(=O)CNP(=O)(OCC(CC(C)n1ccc(=O)[nH]c1=O)OC)Oc1ccc(Cl)cc1. The average molecular weight is 504 g/mol. The number of nitrogens with one attached hydrogen (secondary N) is 2. The van der Waals surface area contributed by atoms with E-state index in [-0.39, 0.29) is 25.0 Å². The van der Waals surface area contributed by atoms with Crippen LogP contribution in [0.15, 0.2) is 46.1 Å². The number of H-pyrrole nitrogens is 1. The van der Waals surface area contributed by atoms with E-state index in [9.17, 15) is 18.9 Å². The number of carbonyl (C=O) groups is 1. The lowest BCUT2D eigenvalue weighted by Gasteiger charge is -2.24. The van der Waals surface area contributed by atoms with Crippen LogP contribution in [0.5, 0.6) is 5.75 Å². The molecule has 0 fully saturated rings. The lowest BCUT2D eigenvalue weighted by atomic mass is 10.1. The van der Waals surface area contributed by atoms with Gasteiger partial charge in [-0.15, -0.1) is 0 Å². The van der Waals surface area contributed by atoms with Gasteiger partial charge >= 0.3 is 19.4 Å². The lowest BCUT2D eigenvalue weighted by molar-refractivity contribution is -0.141. The fraction of sp³-hybridized carbons (Fsp3) is 0.450. The molecule has 0 amide bonds. The van der Waals surface area contributed by atoms with Gasteiger partial charge in [0.15, 0.2) is 0 Å². The van der Waals surface area contributed by atoms with Crippen molar-refractivity contribution in [1.29, 1.82) is 0 Å². The van der Waals surface area contributed by atoms with Crippen molar-refractivity contribution in [2.45, 2.75) is 32.4 Å². The summed E-state index contributed by atoms with van der Waals surface area (Å²) in [6.45, 7) is 2.99. The maximum absolute atomic E-state index is 13.3. The van der Waals surface area contributed by atoms with Gasteiger partial charge in [-0.25, -0.2) is 14.4 Å². The van der Waals surface area contributed by atoms with E-state index in [0.717, 1.165) is 0 Å². The van der Waals surface area contributed by atoms with Crippen molar-refractivity contribution in [3.63, 3.8) is 0 Å². The number of ether oxygens (including phenoxy) is 2. The number of esters is 1. The van der Waals surface area contributed by atoms with Crippen molar-refractivity contribution in [2.75, 3.05) is 26.9 Å². The van der Waals surface area contributed by atoms with Crippen molar-refractivity contribution in [3.05, 3.63) is 62.4 Å². The minimum atomic E-state index is -4.02. The highest BCUT2D eigenvalue weighted by Gasteiger charge is 2.30. The van der Waals surface area contributed by atoms with Crippen LogP contribution in [0.2, 0.25) is 5.02 Å². The molecule has 11 nitrogen and oxygen atoms in total. The number of halogens is 1. The fourth-order valence-electron chi connectivity index (χ4n) is 2.79. The second kappa shape index (κ2) is 12.7. The molecule has 0 radical (unpaired) electrons. The Morgan fingerprint density at radius 3 is 2.55 bits per heavy atom. The Morgan fingerprint density at radius 1 is 1.24 bits per heavy atom. The van der Waals surface area contributed by atoms with Gasteiger partial charge in [0, 0.05) is 30.4 Å². The molecule has 2 rings (SSSR count). The summed E-state index contributed by atoms with van der Waals surface area (Å²) >= 11 is 5.87. The molecule has 2 aromatic rings. The van der Waals surface area contributed by atoms with Crippen LogP contribution in [0.3, 0.4) is 0 Å². The molecule has 182 valence electrons. The normalized spacial score (nSPS) is 14.8. The van der Waals surface area contributed by atoms with E-state index in [2.05, 4.69) is 10.1 Å². The van der Waals surface area contributed by atoms with Crippen LogP contribution in [0.1, 0.15) is 26.3 Å². The van der Waals surface area contributed by atoms with E-state index in [1.54, 1.807) is 26.0 Å². The number of carbonyl (C=O) groups excluding carboxylic acids is 1. The molecule has 13 heteroatoms. The predicted octanol–water partition coefficient (Wildman–Crippen LogP) is 2.51. The Labute approximate surface area is 195 Å². The Balaban J connectivity index is 2.09. The molecule has 2 N–H and O–H groups in total. The number of rotatable bonds is 13. The molecular weight excluding hydrogens is 477 g/mol. The number of hydrogen-bond acceptors (Lipinski definition) is 8. The zero-order valence-electron chi connectivity index (χ0n) is 18.5. The molecule has 3 atom stereocenters. The predicted molar refractivity (Wildman–Crippen MR) is 122 cm³/mol. The van der Waals surface area contributed by atoms with E-state index in [0.29, 0.717) is 11.4 Å². The van der Waals surface area contributed by atoms with Crippen LogP contribution in [0.25, 0.3) is 0 Å². The lowest BCUT2D eigenvalue weighted by Crippen LogP contribution is -2.33. The monoisotopic (exact) mass is 503 g/mol. The van der Waals surface area contributed by atoms with Crippen molar-refractivity contribution in [1.82, 2.24) is 14.6 Å². The first-order chi connectivity index (χ1) is 15.7. The van der Waals surface area contributed by atoms with E-state index in [4.69, 9.17) is 30.1 Å². The van der Waals surface area contributed by atoms with Crippen molar-refractivity contribution >= 4 is 25.3 Å². The number of aromatic amines is 1. The summed E-state index contributed by atoms with van der Waals surface area (Å²) in [5.74, 6) is -0.420. The van der Waals surface area contributed by atoms with Gasteiger partial charge in [0.25, 0.3) is 5.56 Å². The van der Waals surface area contributed by atoms with Crippen molar-refractivity contribution in [2.24, 2.45) is 0 Å². The summed E-state index contributed by atoms with van der Waals surface area (Å²) in [6, 6.07) is 6.98. The standard InChI is InChI=1S/C20H27ClN3O8P/c1-4-30-19(26)12-22-33(28,32-16-7-5-15(21)6-8-16)31-13-17(29-3)11-14(2)24-10-9-18(25)23-20(24)27/h5-10,14,17H,4,11-13H2,1-3H3,(H,22,28)(H,23,25,27). The Kier molecular flexibility index (Phi) is 10.3. The first kappa shape index (κ1) is 26.8. The highest BCUT2D eigenvalue weighted by molar-refractivity contribution is 7.52. The zero-order valence-corrected chi connectivity index (χ0v) is 20.1. The number of methoxy groups -OCH3 is 1. The van der Waals surface area contributed by atoms with Crippen LogP contribution in [0, 0.1) is 0 Å². The minimum absolute atomic E-state index is 0.164. The first-order valence-electron chi connectivity index (χ1n) is 10.1. The van der Waals surface area contributed by atoms with Crippen LogP contribution in [-0.2, 0) is 23.4 Å². The maximum atomic E-state index is 13.3. The van der Waals surface area contributed by atoms with Crippen LogP contribution >= 0.6 is 19.3 Å². The van der Waals surface area contributed by atoms with Crippen molar-refractivity contribution < 1.29 is 27.9 Å². The summed E-state index contributed by atoms with van der Waals surface area (Å²) in [5.41, 5.74) is -1.05. The third kappa shape index (κ3) is 8.79. The first-order valence-corrected chi connectivity index (χ1v) is 12.0. The molecule has 1 aromatic carbocycles. The van der Waals surface area contributed by atoms with Gasteiger partial charge in [-0.05, 0) is 44.5 Å². The second-order valence-corrected chi connectivity index (χ2v) is 9.13. The molecule has 0 spiro atoms. The topological polar surface area (TPSA) is 138 Å². The molecule has 33 heavy (non-hydrogen) atoms. The van der Waals surface area contributed by atoms with E-state index in [1.165, 1.54) is 36.1 Å². The summed E-state index contributed by atoms with van der Waals surface area (Å²) in [5, 5.41) is 2.94. The largest absolute Gasteiger partial charge is 0.465 e. The molecule has 0 aliphatic carbocycles. The van der Waals surface area contributed by atoms with Crippen LogP contribution < -0.4 is 20.9 Å². The molecule has 0 aliphatic rings. The highest BCUT2D eigenvalue weighted by atomic mass is 35.5. The molecule has 1 heterocycles. The third-order valence-electron chi connectivity index (χ3n) is 4.46. The van der Waals surface area contributed by atoms with Gasteiger partial charge in [0.2, 0.25) is 0 Å². The summed E-state index contributed by atoms with van der Waals surface area (Å²) in [7, 11) is -2.58. The highest BCUT2D eigenvalue weighted by Crippen LogP contribution is 2.44. The third-order valence-corrected chi connectivity index (χ3v) is 6.19. The number of aromatic nitrogens is 2. The smallest absolute Gasteiger partial charge is 0.459 e. The molecule has 0 aliphatic heterocycles. The van der Waals surface area contributed by atoms with E-state index < -0.39 is 37.6 Å². The average Bonchev–Trinajstić information content (AvgIpc) is 2.77. The maximum Gasteiger partial charge on any atom is 0.459 e. The fourth-order valence-corrected chi connectivity index (χ4v) is 4.21. The Morgan fingerprint density at radius 2 is 1.94 bits per heavy atom. The number of nitrogens with zero attached hydrogens (tertiary/aromatic N) is 1. The summed E-state index contributed by atoms with van der Waals surface area (Å²) in [6.07, 6.45) is 1.08. The molecule has 1 aromatic heterocycles. The van der Waals surface area contributed by atoms with Gasteiger partial charge in [-0.2, -0.15) is 0 Å². The molecule has 0 bridgehead atoms. The van der Waals surface area contributed by atoms with Gasteiger partial charge in [0.05, 0.1) is 19.3 Å². The summed E-state index contributed by atoms with van der Waals surface area (Å²) < 4.78 is 35.9. The van der Waals surface area contributed by atoms with E-state index >= 15 is 0 Å². The Bertz CT molecular complexity index is 1070. The number of hydrogen-bond donors (Lipinski definition) is 2. The Hall–Kier alpha value is -2.43. The molecule has 3 unspecified atom stereocenters. The quantitative estimate of drug-likeness (QED) is 0.312. The van der Waals surface area contributed by atoms with Crippen LogP contribution in [0.4, 0.5) is 0 Å². The van der Waals surface area contributed by atoms with Crippen molar-refractivity contribution in [3.8, 4) is 5.75 Å². The molecular formula is C20H27ClN3O8P. The second-order valence-electron chi connectivity index (χ2n) is 6.94. The van der Waals surface area contributed by atoms with Gasteiger partial charge in [-0.1, -0.05) is 11.6 Å². The van der Waals surface area contributed by atoms with Gasteiger partial charge < -0.3 is 14.0 Å².